The summed E-state index contributed by atoms with van der Waals surface area (Å²) in [4.78, 5) is 21.6. The molecule has 0 saturated carbocycles. The Morgan fingerprint density at radius 3 is 2.78 bits per heavy atom. The van der Waals surface area contributed by atoms with Gasteiger partial charge in [-0.1, -0.05) is 41.7 Å². The Hall–Kier alpha value is -2.51. The molecule has 2 aromatic heterocycles. The predicted octanol–water partition coefficient (Wildman–Crippen LogP) is 2.80. The Kier molecular flexibility index (Phi) is 4.50. The number of carbonyl (C=O) groups excluding carboxylic acids is 1. The number of anilines is 1. The van der Waals surface area contributed by atoms with Crippen LogP contribution in [0.5, 0.6) is 0 Å². The first-order valence-electron chi connectivity index (χ1n) is 7.01. The predicted molar refractivity (Wildman–Crippen MR) is 90.3 cm³/mol. The highest BCUT2D eigenvalue weighted by molar-refractivity contribution is 7.19. The number of aromatic nitrogens is 3. The van der Waals surface area contributed by atoms with E-state index in [0.717, 1.165) is 22.0 Å². The first-order chi connectivity index (χ1) is 11.2. The van der Waals surface area contributed by atoms with Crippen LogP contribution in [0.25, 0.3) is 22.0 Å². The smallest absolute Gasteiger partial charge is 0.252 e. The van der Waals surface area contributed by atoms with Gasteiger partial charge in [0.05, 0.1) is 10.6 Å². The number of nitrogens with zero attached hydrogens (tertiary/aromatic N) is 3. The zero-order valence-electron chi connectivity index (χ0n) is 12.8. The fourth-order valence-electron chi connectivity index (χ4n) is 2.19. The van der Waals surface area contributed by atoms with E-state index in [1.165, 1.54) is 18.4 Å². The van der Waals surface area contributed by atoms with E-state index in [1.54, 1.807) is 6.20 Å². The largest absolute Gasteiger partial charge is 0.375 e. The maximum atomic E-state index is 11.7. The van der Waals surface area contributed by atoms with Crippen molar-refractivity contribution in [2.75, 3.05) is 19.0 Å². The molecule has 0 aliphatic heterocycles. The molecule has 0 saturated heterocycles. The van der Waals surface area contributed by atoms with Crippen molar-refractivity contribution in [1.29, 1.82) is 0 Å². The van der Waals surface area contributed by atoms with Gasteiger partial charge in [-0.15, -0.1) is 0 Å². The van der Waals surface area contributed by atoms with Gasteiger partial charge in [-0.25, -0.2) is 9.97 Å². The molecular weight excluding hydrogens is 312 g/mol. The SMILES string of the molecule is COCC(=O)Nc1nc(-c2ccccc2)c(-c2nccn2C)s1. The van der Waals surface area contributed by atoms with Crippen molar-refractivity contribution >= 4 is 22.4 Å². The summed E-state index contributed by atoms with van der Waals surface area (Å²) in [6, 6.07) is 9.85. The molecule has 0 aliphatic rings. The summed E-state index contributed by atoms with van der Waals surface area (Å²) in [5, 5.41) is 3.29. The number of methoxy groups -OCH3 is 1. The summed E-state index contributed by atoms with van der Waals surface area (Å²) in [6.07, 6.45) is 3.63. The van der Waals surface area contributed by atoms with Gasteiger partial charge >= 0.3 is 0 Å². The van der Waals surface area contributed by atoms with Gasteiger partial charge in [0, 0.05) is 32.1 Å². The van der Waals surface area contributed by atoms with Crippen molar-refractivity contribution in [2.24, 2.45) is 7.05 Å². The molecular formula is C16H16N4O2S. The molecule has 3 aromatic rings. The number of rotatable bonds is 5. The standard InChI is InChI=1S/C16H16N4O2S/c1-20-9-8-17-15(20)14-13(11-6-4-3-5-7-11)19-16(23-14)18-12(21)10-22-2/h3-9H,10H2,1-2H3,(H,18,19,21). The molecule has 0 spiro atoms. The molecule has 2 heterocycles. The molecule has 0 radical (unpaired) electrons. The monoisotopic (exact) mass is 328 g/mol. The van der Waals surface area contributed by atoms with Crippen LogP contribution >= 0.6 is 11.3 Å². The molecule has 6 nitrogen and oxygen atoms in total. The molecule has 0 unspecified atom stereocenters. The first kappa shape index (κ1) is 15.4. The Balaban J connectivity index is 2.04. The number of ether oxygens (including phenoxy) is 1. The second kappa shape index (κ2) is 6.72. The summed E-state index contributed by atoms with van der Waals surface area (Å²) in [5.41, 5.74) is 1.78. The summed E-state index contributed by atoms with van der Waals surface area (Å²) in [7, 11) is 3.41. The van der Waals surface area contributed by atoms with Crippen LogP contribution in [-0.4, -0.2) is 34.2 Å². The summed E-state index contributed by atoms with van der Waals surface area (Å²) in [5.74, 6) is 0.584. The second-order valence-electron chi connectivity index (χ2n) is 4.91. The Labute approximate surface area is 137 Å². The molecule has 0 atom stereocenters. The highest BCUT2D eigenvalue weighted by atomic mass is 32.1. The van der Waals surface area contributed by atoms with Gasteiger partial charge in [-0.2, -0.15) is 0 Å². The van der Waals surface area contributed by atoms with E-state index in [1.807, 2.05) is 48.1 Å². The van der Waals surface area contributed by atoms with Crippen molar-refractivity contribution < 1.29 is 9.53 Å². The number of hydrogen-bond acceptors (Lipinski definition) is 5. The maximum absolute atomic E-state index is 11.7. The molecule has 118 valence electrons. The molecule has 0 aliphatic carbocycles. The molecule has 1 amide bonds. The zero-order valence-corrected chi connectivity index (χ0v) is 13.6. The summed E-state index contributed by atoms with van der Waals surface area (Å²) in [6.45, 7) is -0.00200. The van der Waals surface area contributed by atoms with Crippen LogP contribution in [0.1, 0.15) is 0 Å². The number of imidazole rings is 1. The average molecular weight is 328 g/mol. The quantitative estimate of drug-likeness (QED) is 0.782. The van der Waals surface area contributed by atoms with E-state index in [0.29, 0.717) is 5.13 Å². The van der Waals surface area contributed by atoms with Gasteiger partial charge in [-0.3, -0.25) is 10.1 Å². The highest BCUT2D eigenvalue weighted by Crippen LogP contribution is 2.37. The van der Waals surface area contributed by atoms with Crippen molar-refractivity contribution in [3.05, 3.63) is 42.7 Å². The lowest BCUT2D eigenvalue weighted by Gasteiger charge is -2.02. The molecule has 23 heavy (non-hydrogen) atoms. The van der Waals surface area contributed by atoms with Crippen molar-refractivity contribution in [3.63, 3.8) is 0 Å². The third kappa shape index (κ3) is 3.30. The zero-order chi connectivity index (χ0) is 16.2. The van der Waals surface area contributed by atoms with Crippen LogP contribution in [0.4, 0.5) is 5.13 Å². The molecule has 0 bridgehead atoms. The fraction of sp³-hybridized carbons (Fsp3) is 0.188. The third-order valence-electron chi connectivity index (χ3n) is 3.22. The normalized spacial score (nSPS) is 10.7. The summed E-state index contributed by atoms with van der Waals surface area (Å²) < 4.78 is 6.77. The van der Waals surface area contributed by atoms with Crippen molar-refractivity contribution in [1.82, 2.24) is 14.5 Å². The van der Waals surface area contributed by atoms with Gasteiger partial charge in [-0.05, 0) is 0 Å². The number of hydrogen-bond donors (Lipinski definition) is 1. The Bertz CT molecular complexity index is 811. The van der Waals surface area contributed by atoms with Crippen LogP contribution in [0.2, 0.25) is 0 Å². The van der Waals surface area contributed by atoms with E-state index in [-0.39, 0.29) is 12.5 Å². The number of nitrogens with one attached hydrogen (secondary N) is 1. The third-order valence-corrected chi connectivity index (χ3v) is 4.19. The van der Waals surface area contributed by atoms with Crippen LogP contribution in [0.15, 0.2) is 42.7 Å². The minimum Gasteiger partial charge on any atom is -0.375 e. The second-order valence-corrected chi connectivity index (χ2v) is 5.90. The lowest BCUT2D eigenvalue weighted by Crippen LogP contribution is -2.16. The number of aryl methyl sites for hydroxylation is 1. The number of benzene rings is 1. The molecule has 1 N–H and O–H groups in total. The Morgan fingerprint density at radius 2 is 2.13 bits per heavy atom. The van der Waals surface area contributed by atoms with Crippen molar-refractivity contribution in [2.45, 2.75) is 0 Å². The summed E-state index contributed by atoms with van der Waals surface area (Å²) >= 11 is 1.40. The van der Waals surface area contributed by atoms with Crippen LogP contribution < -0.4 is 5.32 Å². The topological polar surface area (TPSA) is 69.0 Å². The van der Waals surface area contributed by atoms with Gasteiger partial charge in [0.2, 0.25) is 0 Å². The van der Waals surface area contributed by atoms with E-state index in [2.05, 4.69) is 15.3 Å². The number of carbonyl (C=O) groups is 1. The van der Waals surface area contributed by atoms with Gasteiger partial charge in [0.15, 0.2) is 11.0 Å². The van der Waals surface area contributed by atoms with Gasteiger partial charge in [0.25, 0.3) is 5.91 Å². The van der Waals surface area contributed by atoms with Crippen LogP contribution in [-0.2, 0) is 16.6 Å². The number of amides is 1. The van der Waals surface area contributed by atoms with E-state index >= 15 is 0 Å². The Morgan fingerprint density at radius 1 is 1.35 bits per heavy atom. The average Bonchev–Trinajstić information content (AvgIpc) is 3.14. The lowest BCUT2D eigenvalue weighted by atomic mass is 10.1. The van der Waals surface area contributed by atoms with Crippen LogP contribution in [0.3, 0.4) is 0 Å². The lowest BCUT2D eigenvalue weighted by molar-refractivity contribution is -0.119. The van der Waals surface area contributed by atoms with E-state index in [9.17, 15) is 4.79 Å². The molecule has 3 rings (SSSR count). The number of thiazole rings is 1. The minimum absolute atomic E-state index is 0.00200. The van der Waals surface area contributed by atoms with Gasteiger partial charge < -0.3 is 9.30 Å². The molecule has 1 aromatic carbocycles. The first-order valence-corrected chi connectivity index (χ1v) is 7.83. The highest BCUT2D eigenvalue weighted by Gasteiger charge is 2.18. The molecule has 7 heteroatoms. The molecule has 0 fully saturated rings. The maximum Gasteiger partial charge on any atom is 0.252 e. The van der Waals surface area contributed by atoms with Crippen LogP contribution in [0, 0.1) is 0 Å². The fourth-order valence-corrected chi connectivity index (χ4v) is 3.23. The minimum atomic E-state index is -0.229. The van der Waals surface area contributed by atoms with Crippen molar-refractivity contribution in [3.8, 4) is 22.0 Å². The van der Waals surface area contributed by atoms with E-state index < -0.39 is 0 Å². The van der Waals surface area contributed by atoms with Gasteiger partial charge in [0.1, 0.15) is 6.61 Å². The van der Waals surface area contributed by atoms with E-state index in [4.69, 9.17) is 4.74 Å².